The van der Waals surface area contributed by atoms with Gasteiger partial charge >= 0.3 is 0 Å². The fourth-order valence-corrected chi connectivity index (χ4v) is 1.83. The summed E-state index contributed by atoms with van der Waals surface area (Å²) in [6.07, 6.45) is 1.95. The summed E-state index contributed by atoms with van der Waals surface area (Å²) in [6, 6.07) is 7.06. The minimum Gasteiger partial charge on any atom is -0.399 e. The maximum Gasteiger partial charge on any atom is 0.256 e. The third kappa shape index (κ3) is 3.13. The van der Waals surface area contributed by atoms with E-state index in [4.69, 9.17) is 5.73 Å². The van der Waals surface area contributed by atoms with Crippen LogP contribution >= 0.6 is 0 Å². The lowest BCUT2D eigenvalue weighted by atomic mass is 10.1. The fraction of sp³-hybridized carbons (Fsp3) is 0.286. The number of nitrogens with one attached hydrogen (secondary N) is 2. The Morgan fingerprint density at radius 3 is 2.89 bits per heavy atom. The zero-order valence-electron chi connectivity index (χ0n) is 11.2. The summed E-state index contributed by atoms with van der Waals surface area (Å²) in [5, 5.41) is 9.72. The highest BCUT2D eigenvalue weighted by atomic mass is 16.1. The molecule has 19 heavy (non-hydrogen) atoms. The van der Waals surface area contributed by atoms with Crippen LogP contribution in [-0.2, 0) is 6.42 Å². The average Bonchev–Trinajstić information content (AvgIpc) is 2.80. The molecule has 0 aliphatic rings. The normalized spacial score (nSPS) is 10.4. The van der Waals surface area contributed by atoms with E-state index in [0.29, 0.717) is 17.1 Å². The third-order valence-electron chi connectivity index (χ3n) is 2.92. The van der Waals surface area contributed by atoms with Gasteiger partial charge in [0.2, 0.25) is 0 Å². The number of carbonyl (C=O) groups is 1. The van der Waals surface area contributed by atoms with E-state index in [0.717, 1.165) is 24.1 Å². The number of nitrogens with two attached hydrogens (primary N) is 1. The number of nitrogens with zero attached hydrogens (tertiary/aromatic N) is 1. The summed E-state index contributed by atoms with van der Waals surface area (Å²) in [5.74, 6) is 0.362. The Hall–Kier alpha value is -2.30. The predicted molar refractivity (Wildman–Crippen MR) is 76.1 cm³/mol. The quantitative estimate of drug-likeness (QED) is 0.737. The molecule has 1 amide bonds. The molecule has 5 heteroatoms. The largest absolute Gasteiger partial charge is 0.399 e. The molecule has 2 rings (SSSR count). The number of aromatic amines is 1. The first-order valence-corrected chi connectivity index (χ1v) is 6.32. The number of rotatable bonds is 4. The SMILES string of the molecule is CCCc1cc(NC(=O)c2ccc(N)c(C)c2)n[nH]1. The van der Waals surface area contributed by atoms with E-state index in [1.54, 1.807) is 18.2 Å². The summed E-state index contributed by atoms with van der Waals surface area (Å²) in [4.78, 5) is 12.0. The molecule has 1 heterocycles. The van der Waals surface area contributed by atoms with Gasteiger partial charge in [-0.3, -0.25) is 9.89 Å². The number of H-pyrrole nitrogens is 1. The lowest BCUT2D eigenvalue weighted by Gasteiger charge is -2.04. The molecule has 2 aromatic rings. The standard InChI is InChI=1S/C14H18N4O/c1-3-4-11-8-13(18-17-11)16-14(19)10-5-6-12(15)9(2)7-10/h5-8H,3-4,15H2,1-2H3,(H2,16,17,18,19). The van der Waals surface area contributed by atoms with Gasteiger partial charge in [-0.05, 0) is 37.1 Å². The molecule has 0 aliphatic heterocycles. The number of hydrogen-bond acceptors (Lipinski definition) is 3. The maximum absolute atomic E-state index is 12.0. The number of aromatic nitrogens is 2. The van der Waals surface area contributed by atoms with Crippen molar-refractivity contribution in [1.29, 1.82) is 0 Å². The minimum atomic E-state index is -0.183. The van der Waals surface area contributed by atoms with Crippen LogP contribution < -0.4 is 11.1 Å². The van der Waals surface area contributed by atoms with Gasteiger partial charge in [0, 0.05) is 23.0 Å². The first-order valence-electron chi connectivity index (χ1n) is 6.32. The van der Waals surface area contributed by atoms with Crippen LogP contribution in [0.4, 0.5) is 11.5 Å². The van der Waals surface area contributed by atoms with Gasteiger partial charge in [-0.2, -0.15) is 5.10 Å². The highest BCUT2D eigenvalue weighted by Crippen LogP contribution is 2.14. The van der Waals surface area contributed by atoms with E-state index < -0.39 is 0 Å². The van der Waals surface area contributed by atoms with Crippen molar-refractivity contribution < 1.29 is 4.79 Å². The number of carbonyl (C=O) groups excluding carboxylic acids is 1. The number of benzene rings is 1. The molecule has 4 N–H and O–H groups in total. The molecule has 0 radical (unpaired) electrons. The van der Waals surface area contributed by atoms with Gasteiger partial charge in [-0.15, -0.1) is 0 Å². The monoisotopic (exact) mass is 258 g/mol. The molecule has 1 aromatic heterocycles. The van der Waals surface area contributed by atoms with Gasteiger partial charge in [0.1, 0.15) is 0 Å². The summed E-state index contributed by atoms with van der Waals surface area (Å²) in [5.41, 5.74) is 8.90. The Morgan fingerprint density at radius 2 is 2.21 bits per heavy atom. The van der Waals surface area contributed by atoms with Crippen molar-refractivity contribution in [3.8, 4) is 0 Å². The van der Waals surface area contributed by atoms with Crippen LogP contribution in [0.1, 0.15) is 35.0 Å². The average molecular weight is 258 g/mol. The smallest absolute Gasteiger partial charge is 0.256 e. The van der Waals surface area contributed by atoms with E-state index in [2.05, 4.69) is 22.4 Å². The van der Waals surface area contributed by atoms with Gasteiger partial charge < -0.3 is 11.1 Å². The third-order valence-corrected chi connectivity index (χ3v) is 2.92. The van der Waals surface area contributed by atoms with Crippen LogP contribution in [0.3, 0.4) is 0 Å². The second kappa shape index (κ2) is 5.56. The lowest BCUT2D eigenvalue weighted by Crippen LogP contribution is -2.12. The first kappa shape index (κ1) is 13.1. The first-order chi connectivity index (χ1) is 9.10. The number of amides is 1. The highest BCUT2D eigenvalue weighted by Gasteiger charge is 2.09. The van der Waals surface area contributed by atoms with Crippen molar-refractivity contribution in [3.05, 3.63) is 41.1 Å². The maximum atomic E-state index is 12.0. The molecule has 1 aromatic carbocycles. The van der Waals surface area contributed by atoms with Crippen LogP contribution in [0, 0.1) is 6.92 Å². The Labute approximate surface area is 112 Å². The van der Waals surface area contributed by atoms with E-state index in [-0.39, 0.29) is 5.91 Å². The van der Waals surface area contributed by atoms with Crippen molar-refractivity contribution in [2.24, 2.45) is 0 Å². The Balaban J connectivity index is 2.09. The number of aryl methyl sites for hydroxylation is 2. The molecule has 0 unspecified atom stereocenters. The van der Waals surface area contributed by atoms with Crippen molar-refractivity contribution in [1.82, 2.24) is 10.2 Å². The minimum absolute atomic E-state index is 0.183. The molecule has 0 bridgehead atoms. The van der Waals surface area contributed by atoms with Crippen LogP contribution in [0.15, 0.2) is 24.3 Å². The summed E-state index contributed by atoms with van der Waals surface area (Å²) in [6.45, 7) is 3.97. The van der Waals surface area contributed by atoms with Gasteiger partial charge in [-0.25, -0.2) is 0 Å². The number of anilines is 2. The summed E-state index contributed by atoms with van der Waals surface area (Å²) in [7, 11) is 0. The second-order valence-corrected chi connectivity index (χ2v) is 4.55. The fourth-order valence-electron chi connectivity index (χ4n) is 1.83. The molecule has 0 fully saturated rings. The van der Waals surface area contributed by atoms with Crippen molar-refractivity contribution in [3.63, 3.8) is 0 Å². The molecule has 0 aliphatic carbocycles. The van der Waals surface area contributed by atoms with Crippen LogP contribution in [-0.4, -0.2) is 16.1 Å². The molecule has 0 saturated carbocycles. The van der Waals surface area contributed by atoms with E-state index in [1.165, 1.54) is 0 Å². The Kier molecular flexibility index (Phi) is 3.85. The Bertz CT molecular complexity index is 589. The van der Waals surface area contributed by atoms with E-state index in [9.17, 15) is 4.79 Å². The molecule has 5 nitrogen and oxygen atoms in total. The Morgan fingerprint density at radius 1 is 1.42 bits per heavy atom. The van der Waals surface area contributed by atoms with Gasteiger partial charge in [0.25, 0.3) is 5.91 Å². The highest BCUT2D eigenvalue weighted by molar-refractivity contribution is 6.04. The summed E-state index contributed by atoms with van der Waals surface area (Å²) < 4.78 is 0. The molecule has 0 saturated heterocycles. The van der Waals surface area contributed by atoms with E-state index >= 15 is 0 Å². The molecular weight excluding hydrogens is 240 g/mol. The molecule has 100 valence electrons. The van der Waals surface area contributed by atoms with Gasteiger partial charge in [0.05, 0.1) is 0 Å². The number of hydrogen-bond donors (Lipinski definition) is 3. The molecule has 0 spiro atoms. The van der Waals surface area contributed by atoms with Crippen LogP contribution in [0.5, 0.6) is 0 Å². The van der Waals surface area contributed by atoms with Crippen LogP contribution in [0.25, 0.3) is 0 Å². The molecule has 0 atom stereocenters. The van der Waals surface area contributed by atoms with Crippen molar-refractivity contribution in [2.75, 3.05) is 11.1 Å². The number of nitrogen functional groups attached to an aromatic ring is 1. The summed E-state index contributed by atoms with van der Waals surface area (Å²) >= 11 is 0. The van der Waals surface area contributed by atoms with Crippen molar-refractivity contribution >= 4 is 17.4 Å². The van der Waals surface area contributed by atoms with Gasteiger partial charge in [-0.1, -0.05) is 13.3 Å². The second-order valence-electron chi connectivity index (χ2n) is 4.55. The predicted octanol–water partition coefficient (Wildman–Crippen LogP) is 2.51. The van der Waals surface area contributed by atoms with E-state index in [1.807, 2.05) is 13.0 Å². The topological polar surface area (TPSA) is 83.8 Å². The van der Waals surface area contributed by atoms with Gasteiger partial charge in [0.15, 0.2) is 5.82 Å². The zero-order valence-corrected chi connectivity index (χ0v) is 11.2. The lowest BCUT2D eigenvalue weighted by molar-refractivity contribution is 0.102. The zero-order chi connectivity index (χ0) is 13.8. The van der Waals surface area contributed by atoms with Crippen LogP contribution in [0.2, 0.25) is 0 Å². The molecular formula is C14H18N4O. The van der Waals surface area contributed by atoms with Crippen molar-refractivity contribution in [2.45, 2.75) is 26.7 Å².